The maximum absolute atomic E-state index is 13.2. The van der Waals surface area contributed by atoms with Gasteiger partial charge in [0.15, 0.2) is 12.6 Å². The molecule has 2 aliphatic heterocycles. The molecule has 73 heavy (non-hydrogen) atoms. The van der Waals surface area contributed by atoms with Gasteiger partial charge in [-0.1, -0.05) is 217 Å². The highest BCUT2D eigenvalue weighted by Gasteiger charge is 2.51. The van der Waals surface area contributed by atoms with Gasteiger partial charge in [-0.3, -0.25) is 4.79 Å². The van der Waals surface area contributed by atoms with Crippen molar-refractivity contribution in [3.63, 3.8) is 0 Å². The molecule has 0 saturated carbocycles. The Morgan fingerprint density at radius 2 is 0.904 bits per heavy atom. The minimum Gasteiger partial charge on any atom is -0.394 e. The number of nitrogens with one attached hydrogen (secondary N) is 1. The summed E-state index contributed by atoms with van der Waals surface area (Å²) >= 11 is 0. The second-order valence-electron chi connectivity index (χ2n) is 21.1. The Kier molecular flexibility index (Phi) is 41.7. The number of aliphatic hydroxyl groups is 8. The quantitative estimate of drug-likeness (QED) is 0.0205. The minimum absolute atomic E-state index is 0.252. The second kappa shape index (κ2) is 45.3. The SMILES string of the molecule is CCCCC/C=C\C/C=C\CCCCCCCC(=O)NC(COC1OC(CO)C(OC2OC(CO)C(O)C(O)C2O)C(O)C1O)C(O)/C=C/CCCCCCCCCCCCCCCCCCCCCCCC. The third-order valence-electron chi connectivity index (χ3n) is 14.6. The molecular formula is C59H109NO13. The number of ether oxygens (including phenoxy) is 4. The average molecular weight is 1040 g/mol. The molecule has 0 bridgehead atoms. The van der Waals surface area contributed by atoms with Crippen molar-refractivity contribution in [1.82, 2.24) is 5.32 Å². The van der Waals surface area contributed by atoms with Crippen LogP contribution >= 0.6 is 0 Å². The van der Waals surface area contributed by atoms with Crippen LogP contribution in [0.1, 0.15) is 239 Å². The van der Waals surface area contributed by atoms with E-state index in [2.05, 4.69) is 43.5 Å². The summed E-state index contributed by atoms with van der Waals surface area (Å²) in [6.45, 7) is 2.77. The number of carbonyl (C=O) groups is 1. The monoisotopic (exact) mass is 1040 g/mol. The van der Waals surface area contributed by atoms with Crippen LogP contribution in [0, 0.1) is 0 Å². The highest BCUT2D eigenvalue weighted by atomic mass is 16.7. The maximum Gasteiger partial charge on any atom is 0.220 e. The predicted molar refractivity (Wildman–Crippen MR) is 291 cm³/mol. The molecule has 0 spiro atoms. The molecule has 9 N–H and O–H groups in total. The van der Waals surface area contributed by atoms with E-state index < -0.39 is 86.8 Å². The summed E-state index contributed by atoms with van der Waals surface area (Å²) in [5.41, 5.74) is 0. The first-order valence-corrected chi connectivity index (χ1v) is 29.7. The first-order chi connectivity index (χ1) is 35.6. The molecule has 0 aromatic rings. The highest BCUT2D eigenvalue weighted by Crippen LogP contribution is 2.30. The average Bonchev–Trinajstić information content (AvgIpc) is 3.39. The third-order valence-corrected chi connectivity index (χ3v) is 14.6. The van der Waals surface area contributed by atoms with Crippen molar-refractivity contribution >= 4 is 5.91 Å². The third kappa shape index (κ3) is 31.3. The Morgan fingerprint density at radius 3 is 1.40 bits per heavy atom. The zero-order valence-electron chi connectivity index (χ0n) is 45.9. The molecule has 2 rings (SSSR count). The number of unbranched alkanes of at least 4 members (excludes halogenated alkanes) is 30. The van der Waals surface area contributed by atoms with Crippen LogP contribution in [0.2, 0.25) is 0 Å². The van der Waals surface area contributed by atoms with E-state index in [9.17, 15) is 45.6 Å². The lowest BCUT2D eigenvalue weighted by atomic mass is 9.97. The van der Waals surface area contributed by atoms with E-state index in [0.29, 0.717) is 6.42 Å². The molecule has 0 aliphatic carbocycles. The van der Waals surface area contributed by atoms with Crippen molar-refractivity contribution in [1.29, 1.82) is 0 Å². The van der Waals surface area contributed by atoms with Gasteiger partial charge in [-0.05, 0) is 51.4 Å². The Labute approximate surface area is 442 Å². The number of amides is 1. The Balaban J connectivity index is 1.76. The van der Waals surface area contributed by atoms with E-state index in [1.165, 1.54) is 148 Å². The summed E-state index contributed by atoms with van der Waals surface area (Å²) in [7, 11) is 0. The van der Waals surface area contributed by atoms with Crippen molar-refractivity contribution in [2.75, 3.05) is 19.8 Å². The van der Waals surface area contributed by atoms with Gasteiger partial charge < -0.3 is 65.1 Å². The summed E-state index contributed by atoms with van der Waals surface area (Å²) in [6, 6.07) is -0.921. The number of hydrogen-bond donors (Lipinski definition) is 9. The summed E-state index contributed by atoms with van der Waals surface area (Å²) < 4.78 is 22.8. The molecule has 1 amide bonds. The van der Waals surface area contributed by atoms with E-state index in [-0.39, 0.29) is 18.9 Å². The zero-order valence-corrected chi connectivity index (χ0v) is 45.9. The van der Waals surface area contributed by atoms with Crippen molar-refractivity contribution in [3.8, 4) is 0 Å². The van der Waals surface area contributed by atoms with Crippen LogP contribution < -0.4 is 5.32 Å². The minimum atomic E-state index is -1.79. The number of carbonyl (C=O) groups excluding carboxylic acids is 1. The first-order valence-electron chi connectivity index (χ1n) is 29.7. The molecule has 0 radical (unpaired) electrons. The predicted octanol–water partition coefficient (Wildman–Crippen LogP) is 9.83. The van der Waals surface area contributed by atoms with Crippen LogP contribution in [-0.2, 0) is 23.7 Å². The lowest BCUT2D eigenvalue weighted by Crippen LogP contribution is -2.65. The number of hydrogen-bond acceptors (Lipinski definition) is 13. The summed E-state index contributed by atoms with van der Waals surface area (Å²) in [5.74, 6) is -0.252. The first kappa shape index (κ1) is 67.3. The molecule has 428 valence electrons. The maximum atomic E-state index is 13.2. The summed E-state index contributed by atoms with van der Waals surface area (Å²) in [5, 5.41) is 87.0. The molecule has 12 atom stereocenters. The Bertz CT molecular complexity index is 1370. The fraction of sp³-hybridized carbons (Fsp3) is 0.881. The molecule has 2 heterocycles. The van der Waals surface area contributed by atoms with Gasteiger partial charge in [-0.15, -0.1) is 0 Å². The van der Waals surface area contributed by atoms with Gasteiger partial charge in [0.1, 0.15) is 48.8 Å². The van der Waals surface area contributed by atoms with E-state index in [0.717, 1.165) is 64.2 Å². The molecule has 2 fully saturated rings. The van der Waals surface area contributed by atoms with E-state index in [1.807, 2.05) is 6.08 Å². The van der Waals surface area contributed by atoms with Crippen LogP contribution in [0.4, 0.5) is 0 Å². The Hall–Kier alpha value is -1.79. The standard InChI is InChI=1S/C59H109NO13/c1-3-5-7-9-11-13-15-17-19-20-21-22-23-24-25-26-27-29-30-32-34-36-38-40-42-48(63)47(60-51(64)43-41-39-37-35-33-31-28-18-16-14-12-10-8-6-4-2)46-70-58-56(69)54(67)57(50(45-62)72-58)73-59-55(68)53(66)52(65)49(44-61)71-59/h12,14,18,28,40,42,47-50,52-59,61-63,65-69H,3-11,13,15-17,19-27,29-39,41,43-46H2,1-2H3,(H,60,64)/b14-12-,28-18-,42-40+. The molecule has 2 aliphatic rings. The molecular weight excluding hydrogens is 931 g/mol. The Morgan fingerprint density at radius 1 is 0.493 bits per heavy atom. The summed E-state index contributed by atoms with van der Waals surface area (Å²) in [6.07, 6.45) is 37.6. The zero-order chi connectivity index (χ0) is 53.2. The van der Waals surface area contributed by atoms with Gasteiger partial charge in [0.25, 0.3) is 0 Å². The largest absolute Gasteiger partial charge is 0.394 e. The lowest BCUT2D eigenvalue weighted by Gasteiger charge is -2.46. The van der Waals surface area contributed by atoms with Crippen LogP contribution in [0.25, 0.3) is 0 Å². The smallest absolute Gasteiger partial charge is 0.220 e. The van der Waals surface area contributed by atoms with Crippen LogP contribution in [-0.4, -0.2) is 140 Å². The highest BCUT2D eigenvalue weighted by molar-refractivity contribution is 5.76. The van der Waals surface area contributed by atoms with Crippen LogP contribution in [0.5, 0.6) is 0 Å². The molecule has 12 unspecified atom stereocenters. The number of aliphatic hydroxyl groups excluding tert-OH is 8. The molecule has 14 nitrogen and oxygen atoms in total. The van der Waals surface area contributed by atoms with Crippen molar-refractivity contribution in [2.45, 2.75) is 312 Å². The normalized spacial score (nSPS) is 25.6. The summed E-state index contributed by atoms with van der Waals surface area (Å²) in [4.78, 5) is 13.2. The van der Waals surface area contributed by atoms with Gasteiger partial charge in [0.05, 0.1) is 32.0 Å². The van der Waals surface area contributed by atoms with Gasteiger partial charge in [0, 0.05) is 6.42 Å². The molecule has 0 aromatic carbocycles. The van der Waals surface area contributed by atoms with Gasteiger partial charge in [-0.2, -0.15) is 0 Å². The fourth-order valence-electron chi connectivity index (χ4n) is 9.73. The van der Waals surface area contributed by atoms with Gasteiger partial charge >= 0.3 is 0 Å². The van der Waals surface area contributed by atoms with E-state index in [1.54, 1.807) is 6.08 Å². The van der Waals surface area contributed by atoms with E-state index in [4.69, 9.17) is 18.9 Å². The van der Waals surface area contributed by atoms with Crippen LogP contribution in [0.3, 0.4) is 0 Å². The second-order valence-corrected chi connectivity index (χ2v) is 21.1. The lowest BCUT2D eigenvalue weighted by molar-refractivity contribution is -0.359. The van der Waals surface area contributed by atoms with Crippen molar-refractivity contribution < 1.29 is 64.6 Å². The van der Waals surface area contributed by atoms with Crippen molar-refractivity contribution in [3.05, 3.63) is 36.5 Å². The van der Waals surface area contributed by atoms with Gasteiger partial charge in [0.2, 0.25) is 5.91 Å². The van der Waals surface area contributed by atoms with Crippen LogP contribution in [0.15, 0.2) is 36.5 Å². The topological polar surface area (TPSA) is 228 Å². The number of allylic oxidation sites excluding steroid dienone is 5. The molecule has 14 heteroatoms. The fourth-order valence-corrected chi connectivity index (χ4v) is 9.73. The van der Waals surface area contributed by atoms with E-state index >= 15 is 0 Å². The molecule has 0 aromatic heterocycles. The molecule has 2 saturated heterocycles. The van der Waals surface area contributed by atoms with Crippen molar-refractivity contribution in [2.24, 2.45) is 0 Å². The van der Waals surface area contributed by atoms with Gasteiger partial charge in [-0.25, -0.2) is 0 Å². The number of rotatable bonds is 47.